The van der Waals surface area contributed by atoms with Gasteiger partial charge in [0, 0.05) is 25.0 Å². The molecule has 2 atom stereocenters. The molecule has 0 bridgehead atoms. The SMILES string of the molecule is CC1CCCCC(=O)N1C1CCCNC1. The van der Waals surface area contributed by atoms with Gasteiger partial charge in [0.05, 0.1) is 0 Å². The van der Waals surface area contributed by atoms with Crippen LogP contribution in [0.4, 0.5) is 0 Å². The van der Waals surface area contributed by atoms with E-state index in [1.807, 2.05) is 0 Å². The number of carbonyl (C=O) groups is 1. The van der Waals surface area contributed by atoms with Crippen LogP contribution < -0.4 is 5.32 Å². The number of nitrogens with one attached hydrogen (secondary N) is 1. The van der Waals surface area contributed by atoms with Crippen molar-refractivity contribution in [2.75, 3.05) is 13.1 Å². The van der Waals surface area contributed by atoms with E-state index in [0.717, 1.165) is 25.9 Å². The number of nitrogens with zero attached hydrogens (tertiary/aromatic N) is 1. The lowest BCUT2D eigenvalue weighted by Crippen LogP contribution is -2.51. The third-order valence-electron chi connectivity index (χ3n) is 3.69. The van der Waals surface area contributed by atoms with E-state index in [9.17, 15) is 4.79 Å². The maximum atomic E-state index is 12.0. The van der Waals surface area contributed by atoms with Gasteiger partial charge >= 0.3 is 0 Å². The Labute approximate surface area is 92.2 Å². The van der Waals surface area contributed by atoms with Crippen LogP contribution >= 0.6 is 0 Å². The molecule has 0 aromatic carbocycles. The molecule has 0 aromatic heterocycles. The average molecular weight is 210 g/mol. The Balaban J connectivity index is 2.04. The normalized spacial score (nSPS) is 33.9. The van der Waals surface area contributed by atoms with Gasteiger partial charge in [-0.05, 0) is 39.2 Å². The molecule has 3 nitrogen and oxygen atoms in total. The molecule has 1 N–H and O–H groups in total. The van der Waals surface area contributed by atoms with Crippen molar-refractivity contribution in [1.29, 1.82) is 0 Å². The summed E-state index contributed by atoms with van der Waals surface area (Å²) in [6.45, 7) is 4.32. The molecule has 0 saturated carbocycles. The van der Waals surface area contributed by atoms with E-state index in [1.54, 1.807) is 0 Å². The molecule has 2 fully saturated rings. The topological polar surface area (TPSA) is 32.3 Å². The van der Waals surface area contributed by atoms with Gasteiger partial charge in [0.15, 0.2) is 0 Å². The van der Waals surface area contributed by atoms with Crippen molar-refractivity contribution in [2.45, 2.75) is 57.5 Å². The second-order valence-electron chi connectivity index (χ2n) is 4.90. The molecule has 2 saturated heterocycles. The Bertz CT molecular complexity index is 224. The maximum absolute atomic E-state index is 12.0. The zero-order valence-electron chi connectivity index (χ0n) is 9.67. The molecular formula is C12H22N2O. The van der Waals surface area contributed by atoms with E-state index in [0.29, 0.717) is 18.0 Å². The van der Waals surface area contributed by atoms with Crippen LogP contribution in [0.2, 0.25) is 0 Å². The predicted molar refractivity (Wildman–Crippen MR) is 60.7 cm³/mol. The summed E-state index contributed by atoms with van der Waals surface area (Å²) in [4.78, 5) is 14.2. The summed E-state index contributed by atoms with van der Waals surface area (Å²) in [7, 11) is 0. The Morgan fingerprint density at radius 3 is 2.87 bits per heavy atom. The summed E-state index contributed by atoms with van der Waals surface area (Å²) in [6.07, 6.45) is 6.64. The van der Waals surface area contributed by atoms with Crippen molar-refractivity contribution < 1.29 is 4.79 Å². The Morgan fingerprint density at radius 2 is 2.13 bits per heavy atom. The number of amides is 1. The highest BCUT2D eigenvalue weighted by molar-refractivity contribution is 5.77. The Kier molecular flexibility index (Phi) is 3.62. The van der Waals surface area contributed by atoms with Crippen LogP contribution in [-0.2, 0) is 4.79 Å². The van der Waals surface area contributed by atoms with Gasteiger partial charge in [0.25, 0.3) is 0 Å². The van der Waals surface area contributed by atoms with Crippen LogP contribution in [0.15, 0.2) is 0 Å². The minimum absolute atomic E-state index is 0.383. The standard InChI is InChI=1S/C12H22N2O/c1-10-5-2-3-7-12(15)14(10)11-6-4-8-13-9-11/h10-11,13H,2-9H2,1H3. The van der Waals surface area contributed by atoms with Gasteiger partial charge in [-0.2, -0.15) is 0 Å². The summed E-state index contributed by atoms with van der Waals surface area (Å²) in [6, 6.07) is 0.907. The van der Waals surface area contributed by atoms with Crippen molar-refractivity contribution in [2.24, 2.45) is 0 Å². The van der Waals surface area contributed by atoms with Crippen LogP contribution in [0.3, 0.4) is 0 Å². The molecule has 0 spiro atoms. The maximum Gasteiger partial charge on any atom is 0.223 e. The fraction of sp³-hybridized carbons (Fsp3) is 0.917. The fourth-order valence-corrected chi connectivity index (χ4v) is 2.86. The van der Waals surface area contributed by atoms with Crippen LogP contribution in [0.1, 0.15) is 45.4 Å². The first kappa shape index (κ1) is 10.9. The highest BCUT2D eigenvalue weighted by Crippen LogP contribution is 2.22. The van der Waals surface area contributed by atoms with Crippen molar-refractivity contribution in [3.05, 3.63) is 0 Å². The van der Waals surface area contributed by atoms with Gasteiger partial charge in [0.2, 0.25) is 5.91 Å². The third kappa shape index (κ3) is 2.51. The average Bonchev–Trinajstić information content (AvgIpc) is 2.41. The molecule has 1 amide bonds. The van der Waals surface area contributed by atoms with Crippen molar-refractivity contribution >= 4 is 5.91 Å². The van der Waals surface area contributed by atoms with E-state index in [2.05, 4.69) is 17.1 Å². The smallest absolute Gasteiger partial charge is 0.223 e. The highest BCUT2D eigenvalue weighted by Gasteiger charge is 2.30. The van der Waals surface area contributed by atoms with Crippen molar-refractivity contribution in [3.8, 4) is 0 Å². The summed E-state index contributed by atoms with van der Waals surface area (Å²) in [5, 5.41) is 3.40. The lowest BCUT2D eigenvalue weighted by Gasteiger charge is -2.38. The van der Waals surface area contributed by atoms with Gasteiger partial charge in [-0.25, -0.2) is 0 Å². The summed E-state index contributed by atoms with van der Waals surface area (Å²) in [5.74, 6) is 0.383. The third-order valence-corrected chi connectivity index (χ3v) is 3.69. The number of rotatable bonds is 1. The first-order chi connectivity index (χ1) is 7.29. The monoisotopic (exact) mass is 210 g/mol. The molecule has 2 unspecified atom stereocenters. The zero-order chi connectivity index (χ0) is 10.7. The fourth-order valence-electron chi connectivity index (χ4n) is 2.86. The second kappa shape index (κ2) is 4.97. The number of likely N-dealkylation sites (tertiary alicyclic amines) is 1. The highest BCUT2D eigenvalue weighted by atomic mass is 16.2. The van der Waals surface area contributed by atoms with Crippen LogP contribution in [0.5, 0.6) is 0 Å². The Morgan fingerprint density at radius 1 is 1.27 bits per heavy atom. The minimum atomic E-state index is 0.383. The van der Waals surface area contributed by atoms with E-state index < -0.39 is 0 Å². The molecule has 2 heterocycles. The molecule has 0 radical (unpaired) electrons. The molecular weight excluding hydrogens is 188 g/mol. The van der Waals surface area contributed by atoms with Crippen LogP contribution in [-0.4, -0.2) is 36.0 Å². The van der Waals surface area contributed by atoms with Crippen LogP contribution in [0, 0.1) is 0 Å². The van der Waals surface area contributed by atoms with Gasteiger partial charge in [-0.3, -0.25) is 4.79 Å². The molecule has 0 aromatic rings. The Hall–Kier alpha value is -0.570. The predicted octanol–water partition coefficient (Wildman–Crippen LogP) is 1.53. The molecule has 2 rings (SSSR count). The van der Waals surface area contributed by atoms with Gasteiger partial charge < -0.3 is 10.2 Å². The number of piperidine rings is 1. The molecule has 0 aliphatic carbocycles. The van der Waals surface area contributed by atoms with Gasteiger partial charge in [-0.15, -0.1) is 0 Å². The first-order valence-electron chi connectivity index (χ1n) is 6.31. The summed E-state index contributed by atoms with van der Waals surface area (Å²) in [5.41, 5.74) is 0. The lowest BCUT2D eigenvalue weighted by molar-refractivity contribution is -0.135. The van der Waals surface area contributed by atoms with Crippen molar-refractivity contribution in [1.82, 2.24) is 10.2 Å². The zero-order valence-corrected chi connectivity index (χ0v) is 9.67. The van der Waals surface area contributed by atoms with Gasteiger partial charge in [-0.1, -0.05) is 6.42 Å². The van der Waals surface area contributed by atoms with Gasteiger partial charge in [0.1, 0.15) is 0 Å². The summed E-state index contributed by atoms with van der Waals surface area (Å²) >= 11 is 0. The summed E-state index contributed by atoms with van der Waals surface area (Å²) < 4.78 is 0. The van der Waals surface area contributed by atoms with Crippen molar-refractivity contribution in [3.63, 3.8) is 0 Å². The van der Waals surface area contributed by atoms with E-state index in [4.69, 9.17) is 0 Å². The number of hydrogen-bond donors (Lipinski definition) is 1. The lowest BCUT2D eigenvalue weighted by atomic mass is 10.0. The number of hydrogen-bond acceptors (Lipinski definition) is 2. The second-order valence-corrected chi connectivity index (χ2v) is 4.90. The molecule has 2 aliphatic rings. The molecule has 2 aliphatic heterocycles. The minimum Gasteiger partial charge on any atom is -0.336 e. The molecule has 3 heteroatoms. The van der Waals surface area contributed by atoms with E-state index in [-0.39, 0.29) is 0 Å². The van der Waals surface area contributed by atoms with E-state index >= 15 is 0 Å². The quantitative estimate of drug-likeness (QED) is 0.712. The molecule has 86 valence electrons. The van der Waals surface area contributed by atoms with E-state index in [1.165, 1.54) is 25.7 Å². The van der Waals surface area contributed by atoms with Crippen LogP contribution in [0.25, 0.3) is 0 Å². The molecule has 15 heavy (non-hydrogen) atoms. The first-order valence-corrected chi connectivity index (χ1v) is 6.31. The largest absolute Gasteiger partial charge is 0.336 e. The number of carbonyl (C=O) groups excluding carboxylic acids is 1.